The fourth-order valence-electron chi connectivity index (χ4n) is 3.70. The van der Waals surface area contributed by atoms with Crippen LogP contribution in [0.1, 0.15) is 28.5 Å². The molecule has 0 spiro atoms. The lowest BCUT2D eigenvalue weighted by Gasteiger charge is -2.25. The molecule has 2 heterocycles. The number of hydrogen-bond acceptors (Lipinski definition) is 5. The molecule has 1 aliphatic heterocycles. The van der Waals surface area contributed by atoms with Crippen molar-refractivity contribution in [1.29, 1.82) is 0 Å². The Bertz CT molecular complexity index is 1110. The minimum absolute atomic E-state index is 0.0277. The highest BCUT2D eigenvalue weighted by molar-refractivity contribution is 6.46. The third-order valence-corrected chi connectivity index (χ3v) is 5.20. The Morgan fingerprint density at radius 3 is 2.47 bits per heavy atom. The van der Waals surface area contributed by atoms with E-state index in [0.29, 0.717) is 22.6 Å². The second-order valence-electron chi connectivity index (χ2n) is 7.11. The molecule has 30 heavy (non-hydrogen) atoms. The van der Waals surface area contributed by atoms with Crippen molar-refractivity contribution in [3.8, 4) is 5.75 Å². The summed E-state index contributed by atoms with van der Waals surface area (Å²) < 4.78 is 10.9. The molecule has 152 valence electrons. The molecular formula is C24H21NO5. The zero-order valence-corrected chi connectivity index (χ0v) is 16.7. The van der Waals surface area contributed by atoms with Gasteiger partial charge in [0, 0.05) is 11.1 Å². The van der Waals surface area contributed by atoms with Crippen LogP contribution in [0.3, 0.4) is 0 Å². The Kier molecular flexibility index (Phi) is 5.14. The Hall–Kier alpha value is -3.80. The average molecular weight is 403 g/mol. The lowest BCUT2D eigenvalue weighted by molar-refractivity contribution is -0.140. The van der Waals surface area contributed by atoms with Crippen LogP contribution < -0.4 is 4.74 Å². The molecule has 0 unspecified atom stereocenters. The van der Waals surface area contributed by atoms with E-state index in [2.05, 4.69) is 0 Å². The number of Topliss-reactive ketones (excluding diaryl/α,β-unsaturated/α-hetero) is 1. The first kappa shape index (κ1) is 19.5. The van der Waals surface area contributed by atoms with Crippen molar-refractivity contribution in [2.24, 2.45) is 0 Å². The summed E-state index contributed by atoms with van der Waals surface area (Å²) >= 11 is 0. The Morgan fingerprint density at radius 2 is 1.80 bits per heavy atom. The predicted octanol–water partition coefficient (Wildman–Crippen LogP) is 4.22. The molecule has 1 N–H and O–H groups in total. The van der Waals surface area contributed by atoms with Gasteiger partial charge in [-0.25, -0.2) is 0 Å². The molecule has 0 saturated carbocycles. The van der Waals surface area contributed by atoms with Gasteiger partial charge in [-0.3, -0.25) is 9.59 Å². The first-order chi connectivity index (χ1) is 14.5. The monoisotopic (exact) mass is 403 g/mol. The van der Waals surface area contributed by atoms with Gasteiger partial charge in [-0.15, -0.1) is 0 Å². The predicted molar refractivity (Wildman–Crippen MR) is 111 cm³/mol. The molecule has 3 aromatic rings. The molecule has 1 saturated heterocycles. The zero-order valence-electron chi connectivity index (χ0n) is 16.7. The molecule has 0 radical (unpaired) electrons. The summed E-state index contributed by atoms with van der Waals surface area (Å²) in [7, 11) is 1.53. The Labute approximate surface area is 174 Å². The van der Waals surface area contributed by atoms with Gasteiger partial charge in [0.1, 0.15) is 17.3 Å². The molecule has 1 fully saturated rings. The standard InChI is InChI=1S/C24H21NO5/c1-15-9-11-16(12-10-15)22(26)20-21(18-7-3-4-8-19(18)29-2)25(24(28)23(20)27)14-17-6-5-13-30-17/h3-13,21,26H,14H2,1-2H3/b22-20+/t21-/m1/s1. The molecule has 6 heteroatoms. The second-order valence-corrected chi connectivity index (χ2v) is 7.11. The maximum Gasteiger partial charge on any atom is 0.296 e. The zero-order chi connectivity index (χ0) is 21.3. The number of rotatable bonds is 5. The van der Waals surface area contributed by atoms with Gasteiger partial charge in [0.05, 0.1) is 31.5 Å². The van der Waals surface area contributed by atoms with Gasteiger partial charge in [0.15, 0.2) is 0 Å². The number of aliphatic hydroxyl groups is 1. The Morgan fingerprint density at radius 1 is 1.07 bits per heavy atom. The summed E-state index contributed by atoms with van der Waals surface area (Å²) in [4.78, 5) is 27.4. The molecule has 1 aromatic heterocycles. The van der Waals surface area contributed by atoms with Gasteiger partial charge >= 0.3 is 0 Å². The summed E-state index contributed by atoms with van der Waals surface area (Å²) in [6.45, 7) is 2.02. The summed E-state index contributed by atoms with van der Waals surface area (Å²) in [5, 5.41) is 11.1. The van der Waals surface area contributed by atoms with Crippen LogP contribution in [0, 0.1) is 6.92 Å². The van der Waals surface area contributed by atoms with Crippen LogP contribution in [-0.4, -0.2) is 28.8 Å². The second kappa shape index (κ2) is 7.91. The minimum Gasteiger partial charge on any atom is -0.507 e. The van der Waals surface area contributed by atoms with Gasteiger partial charge in [0.2, 0.25) is 0 Å². The van der Waals surface area contributed by atoms with E-state index < -0.39 is 17.7 Å². The summed E-state index contributed by atoms with van der Waals surface area (Å²) in [5.74, 6) is -0.603. The van der Waals surface area contributed by atoms with Gasteiger partial charge in [-0.2, -0.15) is 0 Å². The molecular weight excluding hydrogens is 382 g/mol. The molecule has 0 aliphatic carbocycles. The highest BCUT2D eigenvalue weighted by atomic mass is 16.5. The van der Waals surface area contributed by atoms with E-state index >= 15 is 0 Å². The van der Waals surface area contributed by atoms with E-state index in [-0.39, 0.29) is 17.9 Å². The third-order valence-electron chi connectivity index (χ3n) is 5.20. The molecule has 1 aliphatic rings. The van der Waals surface area contributed by atoms with Crippen molar-refractivity contribution in [1.82, 2.24) is 4.90 Å². The van der Waals surface area contributed by atoms with E-state index in [9.17, 15) is 14.7 Å². The first-order valence-electron chi connectivity index (χ1n) is 9.52. The normalized spacial score (nSPS) is 18.1. The van der Waals surface area contributed by atoms with E-state index in [1.165, 1.54) is 18.3 Å². The van der Waals surface area contributed by atoms with Crippen molar-refractivity contribution in [3.05, 3.63) is 95.0 Å². The molecule has 1 atom stereocenters. The van der Waals surface area contributed by atoms with Crippen LogP contribution in [0.2, 0.25) is 0 Å². The molecule has 2 aromatic carbocycles. The number of aryl methyl sites for hydroxylation is 1. The smallest absolute Gasteiger partial charge is 0.296 e. The number of hydrogen-bond donors (Lipinski definition) is 1. The van der Waals surface area contributed by atoms with E-state index in [4.69, 9.17) is 9.15 Å². The highest BCUT2D eigenvalue weighted by Crippen LogP contribution is 2.43. The van der Waals surface area contributed by atoms with E-state index in [0.717, 1.165) is 5.56 Å². The number of methoxy groups -OCH3 is 1. The van der Waals surface area contributed by atoms with E-state index in [1.807, 2.05) is 19.1 Å². The fraction of sp³-hybridized carbons (Fsp3) is 0.167. The lowest BCUT2D eigenvalue weighted by atomic mass is 9.94. The summed E-state index contributed by atoms with van der Waals surface area (Å²) in [6, 6.07) is 16.9. The number of ether oxygens (including phenoxy) is 1. The molecule has 1 amide bonds. The fourth-order valence-corrected chi connectivity index (χ4v) is 3.70. The number of furan rings is 1. The maximum absolute atomic E-state index is 13.0. The number of carbonyl (C=O) groups is 2. The van der Waals surface area contributed by atoms with Gasteiger partial charge in [0.25, 0.3) is 11.7 Å². The topological polar surface area (TPSA) is 80.0 Å². The quantitative estimate of drug-likeness (QED) is 0.392. The average Bonchev–Trinajstić information content (AvgIpc) is 3.36. The number of aliphatic hydroxyl groups excluding tert-OH is 1. The molecule has 4 rings (SSSR count). The van der Waals surface area contributed by atoms with Crippen molar-refractivity contribution in [3.63, 3.8) is 0 Å². The number of para-hydroxylation sites is 1. The molecule has 6 nitrogen and oxygen atoms in total. The van der Waals surface area contributed by atoms with Gasteiger partial charge < -0.3 is 19.2 Å². The number of ketones is 1. The summed E-state index contributed by atoms with van der Waals surface area (Å²) in [5.41, 5.74) is 2.13. The Balaban J connectivity index is 1.90. The van der Waals surface area contributed by atoms with Crippen LogP contribution in [0.25, 0.3) is 5.76 Å². The van der Waals surface area contributed by atoms with Crippen LogP contribution in [-0.2, 0) is 16.1 Å². The number of amides is 1. The van der Waals surface area contributed by atoms with Gasteiger partial charge in [-0.1, -0.05) is 48.0 Å². The number of carbonyl (C=O) groups excluding carboxylic acids is 2. The third kappa shape index (κ3) is 3.37. The van der Waals surface area contributed by atoms with Crippen molar-refractivity contribution in [2.75, 3.05) is 7.11 Å². The van der Waals surface area contributed by atoms with Crippen LogP contribution in [0.15, 0.2) is 76.9 Å². The number of likely N-dealkylation sites (tertiary alicyclic amines) is 1. The van der Waals surface area contributed by atoms with E-state index in [1.54, 1.807) is 48.5 Å². The van der Waals surface area contributed by atoms with Gasteiger partial charge in [-0.05, 0) is 25.1 Å². The van der Waals surface area contributed by atoms with Crippen molar-refractivity contribution in [2.45, 2.75) is 19.5 Å². The highest BCUT2D eigenvalue weighted by Gasteiger charge is 2.47. The van der Waals surface area contributed by atoms with Crippen LogP contribution in [0.5, 0.6) is 5.75 Å². The van der Waals surface area contributed by atoms with Crippen LogP contribution >= 0.6 is 0 Å². The SMILES string of the molecule is COc1ccccc1[C@@H]1/C(=C(\O)c2ccc(C)cc2)C(=O)C(=O)N1Cc1ccco1. The first-order valence-corrected chi connectivity index (χ1v) is 9.52. The maximum atomic E-state index is 13.0. The lowest BCUT2D eigenvalue weighted by Crippen LogP contribution is -2.29. The minimum atomic E-state index is -0.812. The van der Waals surface area contributed by atoms with Crippen molar-refractivity contribution >= 4 is 17.4 Å². The summed E-state index contributed by atoms with van der Waals surface area (Å²) in [6.07, 6.45) is 1.51. The van der Waals surface area contributed by atoms with Crippen molar-refractivity contribution < 1.29 is 23.8 Å². The van der Waals surface area contributed by atoms with Crippen LogP contribution in [0.4, 0.5) is 0 Å². The molecule has 0 bridgehead atoms. The number of nitrogens with zero attached hydrogens (tertiary/aromatic N) is 1. The number of benzene rings is 2. The largest absolute Gasteiger partial charge is 0.507 e.